The largest absolute Gasteiger partial charge is 0.334 e. The molecule has 0 spiro atoms. The van der Waals surface area contributed by atoms with Crippen molar-refractivity contribution in [3.8, 4) is 0 Å². The van der Waals surface area contributed by atoms with E-state index in [0.29, 0.717) is 13.0 Å². The average Bonchev–Trinajstić information content (AvgIpc) is 2.48. The summed E-state index contributed by atoms with van der Waals surface area (Å²) in [6, 6.07) is 1.18. The molecule has 1 atom stereocenters. The van der Waals surface area contributed by atoms with Crippen LogP contribution in [0.3, 0.4) is 0 Å². The van der Waals surface area contributed by atoms with Crippen molar-refractivity contribution in [3.63, 3.8) is 0 Å². The molecule has 1 saturated heterocycles. The van der Waals surface area contributed by atoms with Crippen LogP contribution in [0.5, 0.6) is 0 Å². The first-order chi connectivity index (χ1) is 10.7. The number of hydrogen-bond acceptors (Lipinski definition) is 3. The molecule has 0 radical (unpaired) electrons. The molecule has 128 valence electrons. The second kappa shape index (κ2) is 7.11. The van der Waals surface area contributed by atoms with Crippen molar-refractivity contribution < 1.29 is 22.0 Å². The van der Waals surface area contributed by atoms with E-state index < -0.39 is 27.6 Å². The van der Waals surface area contributed by atoms with Gasteiger partial charge in [0.2, 0.25) is 10.0 Å². The summed E-state index contributed by atoms with van der Waals surface area (Å²) in [5.74, 6) is -2.81. The van der Waals surface area contributed by atoms with Crippen LogP contribution >= 0.6 is 11.6 Å². The summed E-state index contributed by atoms with van der Waals surface area (Å²) >= 11 is 5.85. The van der Waals surface area contributed by atoms with Gasteiger partial charge in [0.25, 0.3) is 5.91 Å². The topological polar surface area (TPSA) is 66.5 Å². The third kappa shape index (κ3) is 4.62. The predicted octanol–water partition coefficient (Wildman–Crippen LogP) is 2.16. The van der Waals surface area contributed by atoms with Gasteiger partial charge in [-0.3, -0.25) is 4.79 Å². The van der Waals surface area contributed by atoms with Crippen molar-refractivity contribution in [1.29, 1.82) is 0 Å². The fraction of sp³-hybridized carbons (Fsp3) is 0.500. The maximum absolute atomic E-state index is 13.4. The third-order valence-corrected chi connectivity index (χ3v) is 4.71. The second-order valence-corrected chi connectivity index (χ2v) is 7.76. The molecule has 5 nitrogen and oxygen atoms in total. The lowest BCUT2D eigenvalue weighted by molar-refractivity contribution is 0.0618. The van der Waals surface area contributed by atoms with Gasteiger partial charge < -0.3 is 4.90 Å². The third-order valence-electron chi connectivity index (χ3n) is 3.71. The minimum atomic E-state index is -3.38. The summed E-state index contributed by atoms with van der Waals surface area (Å²) in [7, 11) is -3.38. The van der Waals surface area contributed by atoms with Gasteiger partial charge in [0.05, 0.1) is 16.8 Å². The molecule has 0 aliphatic carbocycles. The highest BCUT2D eigenvalue weighted by atomic mass is 35.5. The number of sulfonamides is 1. The average molecular weight is 367 g/mol. The van der Waals surface area contributed by atoms with E-state index in [0.717, 1.165) is 31.2 Å². The van der Waals surface area contributed by atoms with E-state index in [1.807, 2.05) is 0 Å². The van der Waals surface area contributed by atoms with E-state index in [9.17, 15) is 22.0 Å². The molecule has 0 bridgehead atoms. The Balaban J connectivity index is 2.23. The quantitative estimate of drug-likeness (QED) is 0.830. The van der Waals surface area contributed by atoms with Gasteiger partial charge in [-0.05, 0) is 31.4 Å². The van der Waals surface area contributed by atoms with Crippen molar-refractivity contribution in [3.05, 3.63) is 34.4 Å². The summed E-state index contributed by atoms with van der Waals surface area (Å²) in [4.78, 5) is 14.1. The van der Waals surface area contributed by atoms with Gasteiger partial charge >= 0.3 is 0 Å². The van der Waals surface area contributed by atoms with Gasteiger partial charge in [0.15, 0.2) is 11.6 Å². The standard InChI is InChI=1S/C14H17ClF2N2O3S/c1-23(21,22)18-8-9-4-2-3-5-19(9)14(20)10-6-12(16)13(17)7-11(10)15/h6-7,9,18H,2-5,8H2,1H3. The number of rotatable bonds is 4. The molecule has 1 heterocycles. The van der Waals surface area contributed by atoms with Crippen LogP contribution in [-0.4, -0.2) is 44.6 Å². The Labute approximate surface area is 138 Å². The number of nitrogens with one attached hydrogen (secondary N) is 1. The van der Waals surface area contributed by atoms with Crippen molar-refractivity contribution in [1.82, 2.24) is 9.62 Å². The molecule has 1 aliphatic rings. The predicted molar refractivity (Wildman–Crippen MR) is 82.9 cm³/mol. The molecule has 1 unspecified atom stereocenters. The molecule has 1 aromatic rings. The number of carbonyl (C=O) groups is 1. The molecule has 1 amide bonds. The van der Waals surface area contributed by atoms with Crippen LogP contribution in [0.25, 0.3) is 0 Å². The Hall–Kier alpha value is -1.25. The summed E-state index contributed by atoms with van der Waals surface area (Å²) in [6.45, 7) is 0.482. The Morgan fingerprint density at radius 2 is 2.00 bits per heavy atom. The first kappa shape index (κ1) is 18.1. The summed E-state index contributed by atoms with van der Waals surface area (Å²) in [6.07, 6.45) is 3.26. The summed E-state index contributed by atoms with van der Waals surface area (Å²) in [5.41, 5.74) is -0.128. The van der Waals surface area contributed by atoms with Gasteiger partial charge in [-0.15, -0.1) is 0 Å². The number of benzene rings is 1. The van der Waals surface area contributed by atoms with Crippen LogP contribution in [0, 0.1) is 11.6 Å². The molecule has 1 fully saturated rings. The summed E-state index contributed by atoms with van der Waals surface area (Å²) in [5, 5.41) is -0.172. The fourth-order valence-electron chi connectivity index (χ4n) is 2.57. The highest BCUT2D eigenvalue weighted by molar-refractivity contribution is 7.88. The van der Waals surface area contributed by atoms with E-state index in [2.05, 4.69) is 4.72 Å². The Morgan fingerprint density at radius 1 is 1.35 bits per heavy atom. The molecule has 0 aromatic heterocycles. The van der Waals surface area contributed by atoms with E-state index >= 15 is 0 Å². The minimum Gasteiger partial charge on any atom is -0.334 e. The van der Waals surface area contributed by atoms with Gasteiger partial charge in [0, 0.05) is 19.1 Å². The lowest BCUT2D eigenvalue weighted by Crippen LogP contribution is -2.49. The number of halogens is 3. The summed E-state index contributed by atoms with van der Waals surface area (Å²) < 4.78 is 51.4. The molecule has 2 rings (SSSR count). The molecule has 9 heteroatoms. The normalized spacial score (nSPS) is 19.0. The first-order valence-electron chi connectivity index (χ1n) is 7.09. The number of likely N-dealkylation sites (tertiary alicyclic amines) is 1. The number of piperidine rings is 1. The number of amides is 1. The molecule has 1 aromatic carbocycles. The van der Waals surface area contributed by atoms with Gasteiger partial charge in [0.1, 0.15) is 0 Å². The number of carbonyl (C=O) groups excluding carboxylic acids is 1. The lowest BCUT2D eigenvalue weighted by Gasteiger charge is -2.36. The van der Waals surface area contributed by atoms with E-state index in [1.165, 1.54) is 4.90 Å². The van der Waals surface area contributed by atoms with E-state index in [4.69, 9.17) is 11.6 Å². The molecular formula is C14H17ClF2N2O3S. The van der Waals surface area contributed by atoms with Gasteiger partial charge in [-0.2, -0.15) is 0 Å². The van der Waals surface area contributed by atoms with Crippen LogP contribution in [0.2, 0.25) is 5.02 Å². The maximum Gasteiger partial charge on any atom is 0.255 e. The molecule has 0 saturated carbocycles. The zero-order chi connectivity index (χ0) is 17.2. The molecule has 23 heavy (non-hydrogen) atoms. The highest BCUT2D eigenvalue weighted by Crippen LogP contribution is 2.25. The SMILES string of the molecule is CS(=O)(=O)NCC1CCCCN1C(=O)c1cc(F)c(F)cc1Cl. The molecular weight excluding hydrogens is 350 g/mol. The molecule has 1 aliphatic heterocycles. The number of nitrogens with zero attached hydrogens (tertiary/aromatic N) is 1. The van der Waals surface area contributed by atoms with Crippen molar-refractivity contribution in [2.45, 2.75) is 25.3 Å². The first-order valence-corrected chi connectivity index (χ1v) is 9.36. The monoisotopic (exact) mass is 366 g/mol. The van der Waals surface area contributed by atoms with Crippen molar-refractivity contribution in [2.24, 2.45) is 0 Å². The number of hydrogen-bond donors (Lipinski definition) is 1. The van der Waals surface area contributed by atoms with Crippen LogP contribution in [0.15, 0.2) is 12.1 Å². The lowest BCUT2D eigenvalue weighted by atomic mass is 10.0. The second-order valence-electron chi connectivity index (χ2n) is 5.51. The fourth-order valence-corrected chi connectivity index (χ4v) is 3.30. The Morgan fingerprint density at radius 3 is 2.65 bits per heavy atom. The van der Waals surface area contributed by atoms with Crippen molar-refractivity contribution >= 4 is 27.5 Å². The Kier molecular flexibility index (Phi) is 5.59. The smallest absolute Gasteiger partial charge is 0.255 e. The minimum absolute atomic E-state index is 0.0753. The highest BCUT2D eigenvalue weighted by Gasteiger charge is 2.29. The van der Waals surface area contributed by atoms with Crippen molar-refractivity contribution in [2.75, 3.05) is 19.3 Å². The zero-order valence-corrected chi connectivity index (χ0v) is 14.1. The Bertz CT molecular complexity index is 712. The van der Waals surface area contributed by atoms with Gasteiger partial charge in [-0.25, -0.2) is 21.9 Å². The van der Waals surface area contributed by atoms with Crippen LogP contribution in [-0.2, 0) is 10.0 Å². The van der Waals surface area contributed by atoms with Crippen LogP contribution in [0.4, 0.5) is 8.78 Å². The zero-order valence-electron chi connectivity index (χ0n) is 12.5. The van der Waals surface area contributed by atoms with Gasteiger partial charge in [-0.1, -0.05) is 11.6 Å². The van der Waals surface area contributed by atoms with Crippen LogP contribution in [0.1, 0.15) is 29.6 Å². The molecule has 1 N–H and O–H groups in total. The maximum atomic E-state index is 13.4. The van der Waals surface area contributed by atoms with E-state index in [-0.39, 0.29) is 23.2 Å². The van der Waals surface area contributed by atoms with E-state index in [1.54, 1.807) is 0 Å². The van der Waals surface area contributed by atoms with Crippen LogP contribution < -0.4 is 4.72 Å².